The average molecular weight is 121 g/mol. The van der Waals surface area contributed by atoms with Crippen LogP contribution in [0.4, 0.5) is 0 Å². The molecule has 1 saturated heterocycles. The van der Waals surface area contributed by atoms with Gasteiger partial charge in [0.2, 0.25) is 0 Å². The lowest BCUT2D eigenvalue weighted by molar-refractivity contribution is 0.343. The molecule has 2 rings (SSSR count). The zero-order valence-corrected chi connectivity index (χ0v) is 5.51. The molecule has 1 aliphatic heterocycles. The Morgan fingerprint density at radius 2 is 2.11 bits per heavy atom. The van der Waals surface area contributed by atoms with Gasteiger partial charge in [-0.05, 0) is 18.3 Å². The van der Waals surface area contributed by atoms with Crippen LogP contribution in [0.1, 0.15) is 6.42 Å². The molecular weight excluding hydrogens is 110 g/mol. The highest BCUT2D eigenvalue weighted by Gasteiger charge is 2.44. The fourth-order valence-electron chi connectivity index (χ4n) is 1.75. The van der Waals surface area contributed by atoms with Crippen molar-refractivity contribution >= 4 is 0 Å². The van der Waals surface area contributed by atoms with Crippen molar-refractivity contribution in [2.75, 3.05) is 19.6 Å². The summed E-state index contributed by atoms with van der Waals surface area (Å²) >= 11 is 0. The largest absolute Gasteiger partial charge is 0.292 e. The van der Waals surface area contributed by atoms with Gasteiger partial charge in [-0.2, -0.15) is 0 Å². The molecule has 0 aromatic carbocycles. The molecule has 1 saturated carbocycles. The molecule has 1 nitrogen and oxygen atoms in total. The molecule has 1 heteroatoms. The fourth-order valence-corrected chi connectivity index (χ4v) is 1.75. The maximum Gasteiger partial charge on any atom is 0.0599 e. The highest BCUT2D eigenvalue weighted by Crippen LogP contribution is 2.44. The first-order chi connectivity index (χ1) is 4.40. The predicted molar refractivity (Wildman–Crippen MR) is 36.9 cm³/mol. The number of likely N-dealkylation sites (tertiary alicyclic amines) is 1. The van der Waals surface area contributed by atoms with E-state index in [0.29, 0.717) is 0 Å². The van der Waals surface area contributed by atoms with E-state index in [2.05, 4.69) is 10.8 Å². The molecule has 1 aliphatic carbocycles. The normalized spacial score (nSPS) is 39.9. The van der Waals surface area contributed by atoms with Crippen LogP contribution in [-0.4, -0.2) is 24.5 Å². The standard InChI is InChI=1S/C8H11N/c1-2-3-9-5-7-4-8(7)6-9/h1,7-8H,3-6H2/t7-,8+. The molecule has 2 atom stereocenters. The second kappa shape index (κ2) is 1.75. The maximum atomic E-state index is 5.18. The molecule has 2 aliphatic rings. The molecule has 0 unspecified atom stereocenters. The Labute approximate surface area is 56.0 Å². The van der Waals surface area contributed by atoms with Crippen LogP contribution in [0.5, 0.6) is 0 Å². The predicted octanol–water partition coefficient (Wildman–Crippen LogP) is 0.571. The molecule has 0 aromatic rings. The Hall–Kier alpha value is -0.480. The lowest BCUT2D eigenvalue weighted by Crippen LogP contribution is -2.22. The van der Waals surface area contributed by atoms with Crippen LogP contribution < -0.4 is 0 Å². The third kappa shape index (κ3) is 0.840. The summed E-state index contributed by atoms with van der Waals surface area (Å²) in [5, 5.41) is 0. The van der Waals surface area contributed by atoms with Crippen LogP contribution in [0, 0.1) is 24.2 Å². The SMILES string of the molecule is C#CCN1C[C@H]2C[C@H]2C1. The first-order valence-electron chi connectivity index (χ1n) is 3.56. The van der Waals surface area contributed by atoms with E-state index in [1.807, 2.05) is 0 Å². The summed E-state index contributed by atoms with van der Waals surface area (Å²) in [5.41, 5.74) is 0. The zero-order chi connectivity index (χ0) is 6.27. The molecule has 0 amide bonds. The summed E-state index contributed by atoms with van der Waals surface area (Å²) in [4.78, 5) is 2.37. The van der Waals surface area contributed by atoms with Gasteiger partial charge in [0.15, 0.2) is 0 Å². The maximum absolute atomic E-state index is 5.18. The van der Waals surface area contributed by atoms with Gasteiger partial charge in [0.05, 0.1) is 6.54 Å². The highest BCUT2D eigenvalue weighted by atomic mass is 15.2. The van der Waals surface area contributed by atoms with E-state index in [-0.39, 0.29) is 0 Å². The van der Waals surface area contributed by atoms with Crippen molar-refractivity contribution in [1.82, 2.24) is 4.90 Å². The number of piperidine rings is 1. The number of hydrogen-bond donors (Lipinski definition) is 0. The number of rotatable bonds is 1. The molecule has 0 spiro atoms. The molecule has 9 heavy (non-hydrogen) atoms. The van der Waals surface area contributed by atoms with Crippen LogP contribution in [0.25, 0.3) is 0 Å². The van der Waals surface area contributed by atoms with E-state index in [4.69, 9.17) is 6.42 Å². The quantitative estimate of drug-likeness (QED) is 0.458. The summed E-state index contributed by atoms with van der Waals surface area (Å²) in [6.07, 6.45) is 6.65. The molecule has 0 aromatic heterocycles. The van der Waals surface area contributed by atoms with Crippen LogP contribution >= 0.6 is 0 Å². The number of nitrogens with zero attached hydrogens (tertiary/aromatic N) is 1. The van der Waals surface area contributed by atoms with Gasteiger partial charge < -0.3 is 0 Å². The van der Waals surface area contributed by atoms with E-state index in [0.717, 1.165) is 18.4 Å². The Morgan fingerprint density at radius 1 is 1.44 bits per heavy atom. The Kier molecular flexibility index (Phi) is 1.03. The topological polar surface area (TPSA) is 3.24 Å². The van der Waals surface area contributed by atoms with Crippen LogP contribution in [0.15, 0.2) is 0 Å². The van der Waals surface area contributed by atoms with Gasteiger partial charge in [0, 0.05) is 13.1 Å². The molecule has 1 heterocycles. The minimum absolute atomic E-state index is 0.868. The van der Waals surface area contributed by atoms with Gasteiger partial charge in [0.25, 0.3) is 0 Å². The monoisotopic (exact) mass is 121 g/mol. The van der Waals surface area contributed by atoms with Crippen LogP contribution in [0.2, 0.25) is 0 Å². The second-order valence-electron chi connectivity index (χ2n) is 3.15. The van der Waals surface area contributed by atoms with E-state index in [1.165, 1.54) is 19.5 Å². The number of fused-ring (bicyclic) bond motifs is 1. The van der Waals surface area contributed by atoms with E-state index in [9.17, 15) is 0 Å². The highest BCUT2D eigenvalue weighted by molar-refractivity contribution is 5.00. The Balaban J connectivity index is 1.85. The van der Waals surface area contributed by atoms with Gasteiger partial charge in [0.1, 0.15) is 0 Å². The lowest BCUT2D eigenvalue weighted by Gasteiger charge is -2.11. The van der Waals surface area contributed by atoms with Crippen LogP contribution in [-0.2, 0) is 0 Å². The first kappa shape index (κ1) is 5.32. The van der Waals surface area contributed by atoms with Crippen LogP contribution in [0.3, 0.4) is 0 Å². The third-order valence-corrected chi connectivity index (χ3v) is 2.37. The molecule has 2 fully saturated rings. The van der Waals surface area contributed by atoms with Crippen molar-refractivity contribution in [3.8, 4) is 12.3 Å². The van der Waals surface area contributed by atoms with E-state index < -0.39 is 0 Å². The van der Waals surface area contributed by atoms with E-state index in [1.54, 1.807) is 0 Å². The molecule has 0 N–H and O–H groups in total. The minimum Gasteiger partial charge on any atom is -0.292 e. The molecule has 0 bridgehead atoms. The summed E-state index contributed by atoms with van der Waals surface area (Å²) in [6.45, 7) is 3.41. The average Bonchev–Trinajstić information content (AvgIpc) is 2.42. The molecule has 0 radical (unpaired) electrons. The van der Waals surface area contributed by atoms with Gasteiger partial charge in [-0.25, -0.2) is 0 Å². The summed E-state index contributed by atoms with van der Waals surface area (Å²) < 4.78 is 0. The van der Waals surface area contributed by atoms with Gasteiger partial charge in [-0.15, -0.1) is 6.42 Å². The lowest BCUT2D eigenvalue weighted by atomic mass is 10.4. The number of terminal acetylenes is 1. The van der Waals surface area contributed by atoms with Crippen molar-refractivity contribution in [3.63, 3.8) is 0 Å². The second-order valence-corrected chi connectivity index (χ2v) is 3.15. The fraction of sp³-hybridized carbons (Fsp3) is 0.750. The van der Waals surface area contributed by atoms with E-state index >= 15 is 0 Å². The molecule has 48 valence electrons. The first-order valence-corrected chi connectivity index (χ1v) is 3.56. The van der Waals surface area contributed by atoms with Crippen molar-refractivity contribution in [2.45, 2.75) is 6.42 Å². The molecular formula is C8H11N. The summed E-state index contributed by atoms with van der Waals surface area (Å²) in [7, 11) is 0. The van der Waals surface area contributed by atoms with Gasteiger partial charge >= 0.3 is 0 Å². The number of hydrogen-bond acceptors (Lipinski definition) is 1. The third-order valence-electron chi connectivity index (χ3n) is 2.37. The van der Waals surface area contributed by atoms with Gasteiger partial charge in [-0.1, -0.05) is 5.92 Å². The van der Waals surface area contributed by atoms with Crippen molar-refractivity contribution in [2.24, 2.45) is 11.8 Å². The van der Waals surface area contributed by atoms with Crippen molar-refractivity contribution in [3.05, 3.63) is 0 Å². The van der Waals surface area contributed by atoms with Crippen molar-refractivity contribution in [1.29, 1.82) is 0 Å². The zero-order valence-electron chi connectivity index (χ0n) is 5.51. The smallest absolute Gasteiger partial charge is 0.0599 e. The summed E-state index contributed by atoms with van der Waals surface area (Å²) in [5.74, 6) is 4.73. The van der Waals surface area contributed by atoms with Gasteiger partial charge in [-0.3, -0.25) is 4.90 Å². The summed E-state index contributed by atoms with van der Waals surface area (Å²) in [6, 6.07) is 0. The van der Waals surface area contributed by atoms with Crippen molar-refractivity contribution < 1.29 is 0 Å². The minimum atomic E-state index is 0.868. The Bertz CT molecular complexity index is 146. The Morgan fingerprint density at radius 3 is 2.67 bits per heavy atom.